The van der Waals surface area contributed by atoms with Gasteiger partial charge in [-0.3, -0.25) is 4.99 Å². The van der Waals surface area contributed by atoms with Gasteiger partial charge in [0.05, 0.1) is 7.11 Å². The van der Waals surface area contributed by atoms with Gasteiger partial charge in [-0.05, 0) is 29.8 Å². The summed E-state index contributed by atoms with van der Waals surface area (Å²) in [6.45, 7) is 2.43. The smallest absolute Gasteiger partial charge is 0.191 e. The first-order valence-electron chi connectivity index (χ1n) is 8.06. The van der Waals surface area contributed by atoms with Crippen LogP contribution < -0.4 is 20.3 Å². The van der Waals surface area contributed by atoms with Gasteiger partial charge < -0.3 is 20.3 Å². The van der Waals surface area contributed by atoms with Gasteiger partial charge in [0.15, 0.2) is 5.96 Å². The predicted octanol–water partition coefficient (Wildman–Crippen LogP) is 2.50. The Morgan fingerprint density at radius 1 is 1.04 bits per heavy atom. The molecule has 128 valence electrons. The van der Waals surface area contributed by atoms with E-state index in [2.05, 4.69) is 51.8 Å². The molecule has 0 aliphatic rings. The molecule has 2 N–H and O–H groups in total. The van der Waals surface area contributed by atoms with E-state index in [9.17, 15) is 0 Å². The molecule has 5 nitrogen and oxygen atoms in total. The molecule has 2 rings (SSSR count). The van der Waals surface area contributed by atoms with Crippen LogP contribution in [0, 0.1) is 0 Å². The number of aliphatic imine (C=N–C) groups is 1. The fourth-order valence-electron chi connectivity index (χ4n) is 2.30. The Morgan fingerprint density at radius 2 is 1.75 bits per heavy atom. The average Bonchev–Trinajstić information content (AvgIpc) is 2.65. The second-order valence-electron chi connectivity index (χ2n) is 5.46. The number of ether oxygens (including phenoxy) is 1. The fraction of sp³-hybridized carbons (Fsp3) is 0.316. The third kappa shape index (κ3) is 5.50. The third-order valence-corrected chi connectivity index (χ3v) is 3.78. The number of hydrogen-bond acceptors (Lipinski definition) is 3. The van der Waals surface area contributed by atoms with E-state index >= 15 is 0 Å². The summed E-state index contributed by atoms with van der Waals surface area (Å²) in [6.07, 6.45) is 0. The maximum absolute atomic E-state index is 5.17. The van der Waals surface area contributed by atoms with Crippen LogP contribution in [0.2, 0.25) is 0 Å². The maximum Gasteiger partial charge on any atom is 0.191 e. The van der Waals surface area contributed by atoms with Gasteiger partial charge in [-0.15, -0.1) is 0 Å². The number of hydrogen-bond donors (Lipinski definition) is 2. The summed E-state index contributed by atoms with van der Waals surface area (Å²) in [5.74, 6) is 1.66. The highest BCUT2D eigenvalue weighted by atomic mass is 16.5. The minimum absolute atomic E-state index is 0.720. The lowest BCUT2D eigenvalue weighted by Crippen LogP contribution is -2.40. The van der Waals surface area contributed by atoms with Crippen LogP contribution >= 0.6 is 0 Å². The number of likely N-dealkylation sites (N-methyl/N-ethyl adjacent to an activating group) is 1. The quantitative estimate of drug-likeness (QED) is 0.606. The van der Waals surface area contributed by atoms with Crippen LogP contribution in [0.15, 0.2) is 59.6 Å². The topological polar surface area (TPSA) is 48.9 Å². The average molecular weight is 326 g/mol. The van der Waals surface area contributed by atoms with E-state index in [4.69, 9.17) is 4.74 Å². The molecule has 2 aromatic carbocycles. The lowest BCUT2D eigenvalue weighted by molar-refractivity contribution is 0.414. The number of rotatable bonds is 7. The van der Waals surface area contributed by atoms with Crippen molar-refractivity contribution >= 4 is 11.6 Å². The molecule has 0 fully saturated rings. The lowest BCUT2D eigenvalue weighted by atomic mass is 10.2. The first kappa shape index (κ1) is 17.7. The molecule has 0 saturated carbocycles. The zero-order valence-corrected chi connectivity index (χ0v) is 14.6. The number of anilines is 1. The first-order valence-corrected chi connectivity index (χ1v) is 8.06. The van der Waals surface area contributed by atoms with Crippen LogP contribution in [0.25, 0.3) is 0 Å². The Labute approximate surface area is 144 Å². The molecule has 0 bridgehead atoms. The van der Waals surface area contributed by atoms with Crippen LogP contribution in [0.5, 0.6) is 5.75 Å². The molecule has 0 amide bonds. The molecular formula is C19H26N4O. The second kappa shape index (κ2) is 9.45. The van der Waals surface area contributed by atoms with Crippen molar-refractivity contribution in [3.8, 4) is 5.75 Å². The highest BCUT2D eigenvalue weighted by Gasteiger charge is 2.02. The van der Waals surface area contributed by atoms with Crippen LogP contribution in [-0.4, -0.2) is 40.3 Å². The van der Waals surface area contributed by atoms with Gasteiger partial charge in [0.1, 0.15) is 5.75 Å². The molecule has 0 aromatic heterocycles. The highest BCUT2D eigenvalue weighted by Crippen LogP contribution is 2.11. The number of nitrogens with one attached hydrogen (secondary N) is 2. The van der Waals surface area contributed by atoms with E-state index in [1.165, 1.54) is 11.3 Å². The van der Waals surface area contributed by atoms with Crippen molar-refractivity contribution in [2.45, 2.75) is 6.54 Å². The number of nitrogens with zero attached hydrogens (tertiary/aromatic N) is 2. The van der Waals surface area contributed by atoms with Crippen molar-refractivity contribution in [2.24, 2.45) is 4.99 Å². The van der Waals surface area contributed by atoms with Gasteiger partial charge in [-0.1, -0.05) is 30.3 Å². The number of methoxy groups -OCH3 is 1. The molecule has 2 aromatic rings. The standard InChI is InChI=1S/C19H26N4O/c1-20-19(22-15-16-9-11-18(24-3)12-10-16)21-13-14-23(2)17-7-5-4-6-8-17/h4-12H,13-15H2,1-3H3,(H2,20,21,22). The summed E-state index contributed by atoms with van der Waals surface area (Å²) < 4.78 is 5.17. The van der Waals surface area contributed by atoms with Crippen LogP contribution in [0.1, 0.15) is 5.56 Å². The fourth-order valence-corrected chi connectivity index (χ4v) is 2.30. The van der Waals surface area contributed by atoms with Crippen LogP contribution in [-0.2, 0) is 6.54 Å². The monoisotopic (exact) mass is 326 g/mol. The highest BCUT2D eigenvalue weighted by molar-refractivity contribution is 5.79. The molecule has 5 heteroatoms. The first-order chi connectivity index (χ1) is 11.7. The summed E-state index contributed by atoms with van der Waals surface area (Å²) in [4.78, 5) is 6.47. The summed E-state index contributed by atoms with van der Waals surface area (Å²) in [6, 6.07) is 18.4. The van der Waals surface area contributed by atoms with Gasteiger partial charge in [0.25, 0.3) is 0 Å². The minimum Gasteiger partial charge on any atom is -0.497 e. The van der Waals surface area contributed by atoms with Crippen LogP contribution in [0.3, 0.4) is 0 Å². The Hall–Kier alpha value is -2.69. The van der Waals surface area contributed by atoms with E-state index in [0.717, 1.165) is 31.3 Å². The zero-order valence-electron chi connectivity index (χ0n) is 14.6. The van der Waals surface area contributed by atoms with Gasteiger partial charge >= 0.3 is 0 Å². The Bertz CT molecular complexity index is 626. The SMILES string of the molecule is CN=C(NCCN(C)c1ccccc1)NCc1ccc(OC)cc1. The van der Waals surface area contributed by atoms with Crippen molar-refractivity contribution in [2.75, 3.05) is 39.2 Å². The minimum atomic E-state index is 0.720. The maximum atomic E-state index is 5.17. The van der Waals surface area contributed by atoms with Crippen molar-refractivity contribution < 1.29 is 4.74 Å². The molecule has 0 atom stereocenters. The normalized spacial score (nSPS) is 11.0. The van der Waals surface area contributed by atoms with E-state index in [-0.39, 0.29) is 0 Å². The summed E-state index contributed by atoms with van der Waals surface area (Å²) >= 11 is 0. The predicted molar refractivity (Wildman–Crippen MR) is 101 cm³/mol. The number of para-hydroxylation sites is 1. The second-order valence-corrected chi connectivity index (χ2v) is 5.46. The molecule has 0 saturated heterocycles. The van der Waals surface area contributed by atoms with Gasteiger partial charge in [0.2, 0.25) is 0 Å². The third-order valence-electron chi connectivity index (χ3n) is 3.78. The molecule has 0 aliphatic carbocycles. The van der Waals surface area contributed by atoms with E-state index < -0.39 is 0 Å². The Balaban J connectivity index is 1.74. The van der Waals surface area contributed by atoms with Gasteiger partial charge in [0, 0.05) is 39.4 Å². The largest absolute Gasteiger partial charge is 0.497 e. The summed E-state index contributed by atoms with van der Waals surface area (Å²) in [7, 11) is 5.54. The van der Waals surface area contributed by atoms with Crippen LogP contribution in [0.4, 0.5) is 5.69 Å². The molecule has 0 radical (unpaired) electrons. The molecular weight excluding hydrogens is 300 g/mol. The van der Waals surface area contributed by atoms with E-state index in [1.807, 2.05) is 30.3 Å². The number of benzene rings is 2. The molecule has 0 spiro atoms. The van der Waals surface area contributed by atoms with Crippen molar-refractivity contribution in [1.82, 2.24) is 10.6 Å². The van der Waals surface area contributed by atoms with Crippen molar-refractivity contribution in [1.29, 1.82) is 0 Å². The number of guanidine groups is 1. The van der Waals surface area contributed by atoms with E-state index in [1.54, 1.807) is 14.2 Å². The Morgan fingerprint density at radius 3 is 2.38 bits per heavy atom. The zero-order chi connectivity index (χ0) is 17.2. The Kier molecular flexibility index (Phi) is 6.95. The summed E-state index contributed by atoms with van der Waals surface area (Å²) in [5, 5.41) is 6.65. The van der Waals surface area contributed by atoms with Gasteiger partial charge in [-0.2, -0.15) is 0 Å². The van der Waals surface area contributed by atoms with E-state index in [0.29, 0.717) is 0 Å². The molecule has 0 unspecified atom stereocenters. The van der Waals surface area contributed by atoms with Crippen molar-refractivity contribution in [3.05, 3.63) is 60.2 Å². The van der Waals surface area contributed by atoms with Crippen molar-refractivity contribution in [3.63, 3.8) is 0 Å². The van der Waals surface area contributed by atoms with Gasteiger partial charge in [-0.25, -0.2) is 0 Å². The summed E-state index contributed by atoms with van der Waals surface area (Å²) in [5.41, 5.74) is 2.39. The molecule has 0 aliphatic heterocycles. The lowest BCUT2D eigenvalue weighted by Gasteiger charge is -2.20. The molecule has 0 heterocycles. The molecule has 24 heavy (non-hydrogen) atoms.